The Bertz CT molecular complexity index is 412. The Morgan fingerprint density at radius 2 is 1.81 bits per heavy atom. The fourth-order valence-corrected chi connectivity index (χ4v) is 2.46. The Balaban J connectivity index is 0. The van der Waals surface area contributed by atoms with Gasteiger partial charge in [-0.2, -0.15) is 0 Å². The van der Waals surface area contributed by atoms with Crippen LogP contribution in [0.5, 0.6) is 0 Å². The number of amides is 1. The van der Waals surface area contributed by atoms with Crippen LogP contribution in [-0.4, -0.2) is 90.8 Å². The summed E-state index contributed by atoms with van der Waals surface area (Å²) in [5.41, 5.74) is 0. The van der Waals surface area contributed by atoms with Crippen LogP contribution >= 0.6 is 0 Å². The maximum atomic E-state index is 10.8. The molecule has 1 saturated heterocycles. The molecule has 1 amide bonds. The van der Waals surface area contributed by atoms with E-state index < -0.39 is 5.97 Å². The molecule has 0 bridgehead atoms. The molecule has 0 aromatic heterocycles. The SMILES string of the molecule is C#CO.CCN1CCN(CC)C(C)C1.CNCCC(=O)NCCC(=O)O. The fraction of sp³-hybridized carbons (Fsp3) is 0.778. The lowest BCUT2D eigenvalue weighted by Crippen LogP contribution is -2.51. The number of carboxylic acid groups (broad SMARTS) is 1. The number of nitrogens with one attached hydrogen (secondary N) is 2. The number of terminal acetylenes is 1. The highest BCUT2D eigenvalue weighted by molar-refractivity contribution is 5.76. The van der Waals surface area contributed by atoms with Crippen molar-refractivity contribution < 1.29 is 19.8 Å². The number of hydrogen-bond acceptors (Lipinski definition) is 6. The lowest BCUT2D eigenvalue weighted by atomic mass is 10.2. The molecule has 26 heavy (non-hydrogen) atoms. The van der Waals surface area contributed by atoms with Crippen molar-refractivity contribution in [2.24, 2.45) is 0 Å². The highest BCUT2D eigenvalue weighted by Crippen LogP contribution is 2.07. The molecular formula is C18H36N4O4. The molecule has 1 fully saturated rings. The molecule has 0 saturated carbocycles. The van der Waals surface area contributed by atoms with Gasteiger partial charge in [0.15, 0.2) is 0 Å². The molecule has 1 rings (SSSR count). The van der Waals surface area contributed by atoms with E-state index in [1.165, 1.54) is 38.8 Å². The van der Waals surface area contributed by atoms with Crippen LogP contribution in [0.1, 0.15) is 33.6 Å². The molecular weight excluding hydrogens is 336 g/mol. The average Bonchev–Trinajstić information content (AvgIpc) is 2.60. The molecule has 1 unspecified atom stereocenters. The first-order chi connectivity index (χ1) is 12.4. The third-order valence-corrected chi connectivity index (χ3v) is 3.97. The van der Waals surface area contributed by atoms with E-state index in [1.807, 2.05) is 0 Å². The Labute approximate surface area is 157 Å². The number of hydrogen-bond donors (Lipinski definition) is 4. The van der Waals surface area contributed by atoms with Gasteiger partial charge in [0.05, 0.1) is 6.42 Å². The third kappa shape index (κ3) is 15.7. The smallest absolute Gasteiger partial charge is 0.305 e. The van der Waals surface area contributed by atoms with Gasteiger partial charge in [0, 0.05) is 45.2 Å². The summed E-state index contributed by atoms with van der Waals surface area (Å²) in [7, 11) is 1.75. The first-order valence-electron chi connectivity index (χ1n) is 9.05. The summed E-state index contributed by atoms with van der Waals surface area (Å²) in [5.74, 6) is -1.02. The van der Waals surface area contributed by atoms with Crippen LogP contribution in [0.25, 0.3) is 0 Å². The molecule has 0 spiro atoms. The summed E-state index contributed by atoms with van der Waals surface area (Å²) in [6.07, 6.45) is 5.77. The fourth-order valence-electron chi connectivity index (χ4n) is 2.46. The molecule has 8 heteroatoms. The van der Waals surface area contributed by atoms with Crippen molar-refractivity contribution >= 4 is 11.9 Å². The summed E-state index contributed by atoms with van der Waals surface area (Å²) >= 11 is 0. The van der Waals surface area contributed by atoms with Crippen LogP contribution < -0.4 is 10.6 Å². The van der Waals surface area contributed by atoms with Crippen molar-refractivity contribution in [2.45, 2.75) is 39.7 Å². The molecule has 0 radical (unpaired) electrons. The molecule has 1 heterocycles. The monoisotopic (exact) mass is 372 g/mol. The van der Waals surface area contributed by atoms with E-state index in [4.69, 9.17) is 10.2 Å². The number of aliphatic hydroxyl groups is 1. The molecule has 1 aliphatic rings. The first-order valence-corrected chi connectivity index (χ1v) is 9.05. The third-order valence-electron chi connectivity index (χ3n) is 3.97. The number of carbonyl (C=O) groups is 2. The van der Waals surface area contributed by atoms with E-state index in [0.717, 1.165) is 6.04 Å². The number of aliphatic carboxylic acids is 1. The van der Waals surface area contributed by atoms with Gasteiger partial charge in [-0.05, 0) is 27.1 Å². The van der Waals surface area contributed by atoms with Gasteiger partial charge in [0.2, 0.25) is 5.91 Å². The van der Waals surface area contributed by atoms with E-state index in [-0.39, 0.29) is 18.9 Å². The van der Waals surface area contributed by atoms with Gasteiger partial charge in [-0.1, -0.05) is 20.3 Å². The zero-order valence-electron chi connectivity index (χ0n) is 16.6. The quantitative estimate of drug-likeness (QED) is 0.450. The van der Waals surface area contributed by atoms with Crippen molar-refractivity contribution in [1.29, 1.82) is 0 Å². The Hall–Kier alpha value is -1.82. The normalized spacial score (nSPS) is 17.0. The number of piperazine rings is 1. The Morgan fingerprint density at radius 1 is 1.19 bits per heavy atom. The van der Waals surface area contributed by atoms with Gasteiger partial charge in [0.25, 0.3) is 0 Å². The molecule has 1 aliphatic heterocycles. The van der Waals surface area contributed by atoms with Gasteiger partial charge in [0.1, 0.15) is 6.11 Å². The van der Waals surface area contributed by atoms with Crippen molar-refractivity contribution in [3.05, 3.63) is 0 Å². The number of carbonyl (C=O) groups excluding carboxylic acids is 1. The van der Waals surface area contributed by atoms with Gasteiger partial charge in [-0.3, -0.25) is 14.5 Å². The van der Waals surface area contributed by atoms with Crippen LogP contribution in [0.4, 0.5) is 0 Å². The zero-order chi connectivity index (χ0) is 20.4. The number of likely N-dealkylation sites (N-methyl/N-ethyl adjacent to an activating group) is 2. The van der Waals surface area contributed by atoms with E-state index in [2.05, 4.69) is 47.6 Å². The second kappa shape index (κ2) is 18.0. The minimum Gasteiger partial charge on any atom is -0.481 e. The number of aliphatic hydroxyl groups excluding tert-OH is 1. The largest absolute Gasteiger partial charge is 0.481 e. The lowest BCUT2D eigenvalue weighted by Gasteiger charge is -2.38. The molecule has 4 N–H and O–H groups in total. The standard InChI is InChI=1S/C9H20N2.C7H14N2O3.C2H2O/c1-4-10-6-7-11(5-2)9(3)8-10;1-8-4-2-6(10)9-5-3-7(11)12;1-2-3/h9H,4-8H2,1-3H3;8H,2-5H2,1H3,(H,9,10)(H,11,12);1,3H. The van der Waals surface area contributed by atoms with Crippen LogP contribution in [-0.2, 0) is 9.59 Å². The van der Waals surface area contributed by atoms with E-state index in [9.17, 15) is 9.59 Å². The second-order valence-corrected chi connectivity index (χ2v) is 5.85. The molecule has 8 nitrogen and oxygen atoms in total. The molecule has 0 aromatic rings. The van der Waals surface area contributed by atoms with Crippen LogP contribution in [0.2, 0.25) is 0 Å². The van der Waals surface area contributed by atoms with E-state index in [0.29, 0.717) is 13.0 Å². The Kier molecular flexibility index (Phi) is 18.3. The molecule has 0 aliphatic carbocycles. The molecule has 1 atom stereocenters. The molecule has 152 valence electrons. The van der Waals surface area contributed by atoms with Gasteiger partial charge in [-0.25, -0.2) is 0 Å². The first kappa shape index (κ1) is 26.4. The zero-order valence-corrected chi connectivity index (χ0v) is 16.6. The van der Waals surface area contributed by atoms with Crippen molar-refractivity contribution in [2.75, 3.05) is 52.9 Å². The summed E-state index contributed by atoms with van der Waals surface area (Å²) in [6, 6.07) is 0.758. The number of nitrogens with zero attached hydrogens (tertiary/aromatic N) is 2. The van der Waals surface area contributed by atoms with Crippen molar-refractivity contribution in [3.8, 4) is 12.5 Å². The van der Waals surface area contributed by atoms with Crippen molar-refractivity contribution in [1.82, 2.24) is 20.4 Å². The highest BCUT2D eigenvalue weighted by Gasteiger charge is 2.20. The predicted octanol–water partition coefficient (Wildman–Crippen LogP) is 0.169. The second-order valence-electron chi connectivity index (χ2n) is 5.85. The number of rotatable bonds is 8. The van der Waals surface area contributed by atoms with Gasteiger partial charge >= 0.3 is 5.97 Å². The minimum absolute atomic E-state index is 0.0225. The Morgan fingerprint density at radius 3 is 2.23 bits per heavy atom. The predicted molar refractivity (Wildman–Crippen MR) is 103 cm³/mol. The lowest BCUT2D eigenvalue weighted by molar-refractivity contribution is -0.136. The minimum atomic E-state index is -0.899. The summed E-state index contributed by atoms with van der Waals surface area (Å²) in [6.45, 7) is 13.8. The maximum absolute atomic E-state index is 10.8. The van der Waals surface area contributed by atoms with Crippen molar-refractivity contribution in [3.63, 3.8) is 0 Å². The van der Waals surface area contributed by atoms with Crippen LogP contribution in [0.3, 0.4) is 0 Å². The average molecular weight is 373 g/mol. The highest BCUT2D eigenvalue weighted by atomic mass is 16.4. The maximum Gasteiger partial charge on any atom is 0.305 e. The van der Waals surface area contributed by atoms with Gasteiger partial charge in [-0.15, -0.1) is 0 Å². The van der Waals surface area contributed by atoms with Crippen LogP contribution in [0.15, 0.2) is 0 Å². The van der Waals surface area contributed by atoms with E-state index in [1.54, 1.807) is 7.05 Å². The number of carboxylic acids is 1. The molecule has 0 aromatic carbocycles. The van der Waals surface area contributed by atoms with Crippen LogP contribution in [0, 0.1) is 12.5 Å². The summed E-state index contributed by atoms with van der Waals surface area (Å²) in [5, 5.41) is 20.6. The summed E-state index contributed by atoms with van der Waals surface area (Å²) < 4.78 is 0. The van der Waals surface area contributed by atoms with Gasteiger partial charge < -0.3 is 25.7 Å². The topological polar surface area (TPSA) is 105 Å². The summed E-state index contributed by atoms with van der Waals surface area (Å²) in [4.78, 5) is 25.9. The van der Waals surface area contributed by atoms with E-state index >= 15 is 0 Å².